The summed E-state index contributed by atoms with van der Waals surface area (Å²) in [4.78, 5) is 1.30. The van der Waals surface area contributed by atoms with Crippen molar-refractivity contribution in [1.82, 2.24) is 5.32 Å². The van der Waals surface area contributed by atoms with E-state index in [4.69, 9.17) is 5.26 Å². The fourth-order valence-electron chi connectivity index (χ4n) is 1.41. The molecule has 1 aromatic carbocycles. The molecule has 3 heteroatoms. The lowest BCUT2D eigenvalue weighted by Gasteiger charge is -2.09. The van der Waals surface area contributed by atoms with Crippen molar-refractivity contribution in [2.75, 3.05) is 5.75 Å². The second kappa shape index (κ2) is 8.16. The number of hydrogen-bond donors (Lipinski definition) is 1. The van der Waals surface area contributed by atoms with E-state index < -0.39 is 0 Å². The topological polar surface area (TPSA) is 35.8 Å². The van der Waals surface area contributed by atoms with Crippen LogP contribution in [0.2, 0.25) is 0 Å². The summed E-state index contributed by atoms with van der Waals surface area (Å²) in [5, 5.41) is 11.9. The first-order chi connectivity index (χ1) is 8.22. The van der Waals surface area contributed by atoms with Gasteiger partial charge in [0.2, 0.25) is 0 Å². The zero-order chi connectivity index (χ0) is 12.5. The molecule has 0 saturated carbocycles. The maximum Gasteiger partial charge on any atom is 0.0622 e. The van der Waals surface area contributed by atoms with Crippen molar-refractivity contribution in [2.24, 2.45) is 0 Å². The van der Waals surface area contributed by atoms with Gasteiger partial charge in [-0.05, 0) is 29.9 Å². The summed E-state index contributed by atoms with van der Waals surface area (Å²) >= 11 is 1.83. The molecule has 0 atom stereocenters. The molecule has 0 heterocycles. The number of hydrogen-bond acceptors (Lipinski definition) is 3. The Morgan fingerprint density at radius 3 is 2.94 bits per heavy atom. The molecule has 0 amide bonds. The molecule has 0 aromatic heterocycles. The highest BCUT2D eigenvalue weighted by atomic mass is 32.2. The van der Waals surface area contributed by atoms with E-state index in [9.17, 15) is 0 Å². The third kappa shape index (κ3) is 6.35. The van der Waals surface area contributed by atoms with Crippen LogP contribution in [0.5, 0.6) is 0 Å². The Labute approximate surface area is 108 Å². The maximum atomic E-state index is 8.46. The van der Waals surface area contributed by atoms with Gasteiger partial charge in [0.05, 0.1) is 6.07 Å². The van der Waals surface area contributed by atoms with E-state index in [0.29, 0.717) is 12.5 Å². The fraction of sp³-hybridized carbons (Fsp3) is 0.500. The van der Waals surface area contributed by atoms with Crippen LogP contribution in [0.1, 0.15) is 32.3 Å². The number of nitriles is 1. The van der Waals surface area contributed by atoms with Crippen molar-refractivity contribution in [2.45, 2.75) is 44.2 Å². The number of unbranched alkanes of at least 4 members (excludes halogenated alkanes) is 1. The largest absolute Gasteiger partial charge is 0.310 e. The third-order valence-electron chi connectivity index (χ3n) is 2.31. The molecule has 0 aliphatic carbocycles. The van der Waals surface area contributed by atoms with Crippen molar-refractivity contribution >= 4 is 11.8 Å². The zero-order valence-corrected chi connectivity index (χ0v) is 11.4. The Morgan fingerprint density at radius 1 is 1.41 bits per heavy atom. The van der Waals surface area contributed by atoms with Gasteiger partial charge in [0.1, 0.15) is 0 Å². The molecule has 2 nitrogen and oxygen atoms in total. The molecular weight excluding hydrogens is 228 g/mol. The van der Waals surface area contributed by atoms with E-state index in [0.717, 1.165) is 18.7 Å². The molecule has 0 radical (unpaired) electrons. The molecule has 92 valence electrons. The first kappa shape index (κ1) is 14.1. The lowest BCUT2D eigenvalue weighted by molar-refractivity contribution is 0.588. The van der Waals surface area contributed by atoms with Crippen molar-refractivity contribution < 1.29 is 0 Å². The van der Waals surface area contributed by atoms with Crippen molar-refractivity contribution in [3.63, 3.8) is 0 Å². The molecule has 1 N–H and O–H groups in total. The molecule has 1 aromatic rings. The second-order valence-electron chi connectivity index (χ2n) is 4.29. The quantitative estimate of drug-likeness (QED) is 0.592. The van der Waals surface area contributed by atoms with E-state index in [-0.39, 0.29) is 0 Å². The van der Waals surface area contributed by atoms with Gasteiger partial charge in [-0.1, -0.05) is 26.0 Å². The van der Waals surface area contributed by atoms with Gasteiger partial charge in [-0.2, -0.15) is 5.26 Å². The van der Waals surface area contributed by atoms with Crippen LogP contribution in [0.3, 0.4) is 0 Å². The lowest BCUT2D eigenvalue weighted by Crippen LogP contribution is -2.21. The van der Waals surface area contributed by atoms with Gasteiger partial charge in [-0.3, -0.25) is 0 Å². The summed E-state index contributed by atoms with van der Waals surface area (Å²) in [6.45, 7) is 5.23. The van der Waals surface area contributed by atoms with Gasteiger partial charge in [-0.15, -0.1) is 11.8 Å². The summed E-state index contributed by atoms with van der Waals surface area (Å²) in [5.41, 5.74) is 1.32. The lowest BCUT2D eigenvalue weighted by atomic mass is 10.2. The van der Waals surface area contributed by atoms with E-state index in [1.54, 1.807) is 0 Å². The molecule has 0 bridgehead atoms. The highest BCUT2D eigenvalue weighted by Crippen LogP contribution is 2.20. The van der Waals surface area contributed by atoms with Gasteiger partial charge in [0, 0.05) is 23.9 Å². The van der Waals surface area contributed by atoms with Gasteiger partial charge in [-0.25, -0.2) is 0 Å². The predicted octanol–water partition coefficient (Wildman–Crippen LogP) is 3.58. The van der Waals surface area contributed by atoms with Crippen LogP contribution in [0, 0.1) is 11.3 Å². The molecule has 1 rings (SSSR count). The Kier molecular flexibility index (Phi) is 6.76. The molecule has 0 aliphatic rings. The van der Waals surface area contributed by atoms with Crippen molar-refractivity contribution in [3.8, 4) is 6.07 Å². The number of thioether (sulfide) groups is 1. The SMILES string of the molecule is CC(C)NCc1cccc(SCCCC#N)c1. The monoisotopic (exact) mass is 248 g/mol. The minimum absolute atomic E-state index is 0.516. The summed E-state index contributed by atoms with van der Waals surface area (Å²) < 4.78 is 0. The van der Waals surface area contributed by atoms with E-state index >= 15 is 0 Å². The number of rotatable bonds is 7. The Morgan fingerprint density at radius 2 is 2.24 bits per heavy atom. The normalized spacial score (nSPS) is 10.5. The highest BCUT2D eigenvalue weighted by Gasteiger charge is 1.98. The number of benzene rings is 1. The van der Waals surface area contributed by atoms with Crippen LogP contribution in [0.25, 0.3) is 0 Å². The summed E-state index contributed by atoms with van der Waals surface area (Å²) in [6, 6.07) is 11.3. The number of nitrogens with one attached hydrogen (secondary N) is 1. The summed E-state index contributed by atoms with van der Waals surface area (Å²) in [7, 11) is 0. The molecule has 0 saturated heterocycles. The highest BCUT2D eigenvalue weighted by molar-refractivity contribution is 7.99. The predicted molar refractivity (Wildman–Crippen MR) is 74.0 cm³/mol. The van der Waals surface area contributed by atoms with Crippen molar-refractivity contribution in [3.05, 3.63) is 29.8 Å². The Hall–Kier alpha value is -0.980. The van der Waals surface area contributed by atoms with Gasteiger partial charge < -0.3 is 5.32 Å². The van der Waals surface area contributed by atoms with Gasteiger partial charge >= 0.3 is 0 Å². The van der Waals surface area contributed by atoms with Gasteiger partial charge in [0.15, 0.2) is 0 Å². The summed E-state index contributed by atoms with van der Waals surface area (Å²) in [5.74, 6) is 1.02. The summed E-state index contributed by atoms with van der Waals surface area (Å²) in [6.07, 6.45) is 1.62. The van der Waals surface area contributed by atoms with E-state index in [2.05, 4.69) is 49.5 Å². The molecule has 0 fully saturated rings. The van der Waals surface area contributed by atoms with Crippen molar-refractivity contribution in [1.29, 1.82) is 5.26 Å². The molecule has 17 heavy (non-hydrogen) atoms. The third-order valence-corrected chi connectivity index (χ3v) is 3.39. The van der Waals surface area contributed by atoms with E-state index in [1.807, 2.05) is 11.8 Å². The average Bonchev–Trinajstić information content (AvgIpc) is 2.33. The fourth-order valence-corrected chi connectivity index (χ4v) is 2.34. The minimum Gasteiger partial charge on any atom is -0.310 e. The van der Waals surface area contributed by atoms with Gasteiger partial charge in [0.25, 0.3) is 0 Å². The molecule has 0 aliphatic heterocycles. The average molecular weight is 248 g/mol. The molecular formula is C14H20N2S. The smallest absolute Gasteiger partial charge is 0.0622 e. The van der Waals surface area contributed by atoms with E-state index in [1.165, 1.54) is 10.5 Å². The van der Waals surface area contributed by atoms with Crippen LogP contribution in [-0.4, -0.2) is 11.8 Å². The van der Waals surface area contributed by atoms with Crippen LogP contribution in [0.15, 0.2) is 29.2 Å². The molecule has 0 spiro atoms. The Bertz CT molecular complexity index is 369. The molecule has 0 unspecified atom stereocenters. The van der Waals surface area contributed by atoms with Crippen LogP contribution in [-0.2, 0) is 6.54 Å². The Balaban J connectivity index is 2.40. The first-order valence-electron chi connectivity index (χ1n) is 6.04. The number of nitrogens with zero attached hydrogens (tertiary/aromatic N) is 1. The maximum absolute atomic E-state index is 8.46. The zero-order valence-electron chi connectivity index (χ0n) is 10.6. The first-order valence-corrected chi connectivity index (χ1v) is 7.03. The second-order valence-corrected chi connectivity index (χ2v) is 5.46. The van der Waals surface area contributed by atoms with Crippen LogP contribution >= 0.6 is 11.8 Å². The van der Waals surface area contributed by atoms with Crippen LogP contribution in [0.4, 0.5) is 0 Å². The standard InChI is InChI=1S/C14H20N2S/c1-12(2)16-11-13-6-5-7-14(10-13)17-9-4-3-8-15/h5-7,10,12,16H,3-4,9,11H2,1-2H3. The van der Waals surface area contributed by atoms with Crippen LogP contribution < -0.4 is 5.32 Å². The minimum atomic E-state index is 0.516.